The molecule has 6 heteroatoms. The van der Waals surface area contributed by atoms with Crippen LogP contribution in [0.4, 0.5) is 5.82 Å². The van der Waals surface area contributed by atoms with Crippen molar-refractivity contribution in [2.45, 2.75) is 18.2 Å². The molecule has 2 rings (SSSR count). The fourth-order valence-corrected chi connectivity index (χ4v) is 2.73. The molecule has 1 aromatic heterocycles. The summed E-state index contributed by atoms with van der Waals surface area (Å²) in [5, 5.41) is 0.238. The minimum atomic E-state index is -3.63. The molecule has 0 aliphatic rings. The Balaban J connectivity index is 2.27. The lowest BCUT2D eigenvalue weighted by Gasteiger charge is -2.07. The summed E-state index contributed by atoms with van der Waals surface area (Å²) in [5.74, 6) is 0.201. The van der Waals surface area contributed by atoms with Gasteiger partial charge in [-0.15, -0.1) is 0 Å². The van der Waals surface area contributed by atoms with Gasteiger partial charge in [-0.1, -0.05) is 36.7 Å². The van der Waals surface area contributed by atoms with Crippen LogP contribution in [-0.2, 0) is 16.4 Å². The van der Waals surface area contributed by atoms with E-state index in [-0.39, 0.29) is 15.9 Å². The van der Waals surface area contributed by atoms with Crippen LogP contribution in [0.15, 0.2) is 47.4 Å². The van der Waals surface area contributed by atoms with Crippen molar-refractivity contribution in [2.24, 2.45) is 0 Å². The minimum absolute atomic E-state index is 0.200. The number of nitrogens with one attached hydrogen (secondary N) is 1. The molecule has 0 spiro atoms. The zero-order valence-corrected chi connectivity index (χ0v) is 11.9. The average Bonchev–Trinajstić information content (AvgIpc) is 2.38. The molecular weight excluding hydrogens is 284 g/mol. The molecule has 0 aliphatic carbocycles. The van der Waals surface area contributed by atoms with Gasteiger partial charge in [-0.2, -0.15) is 0 Å². The number of aryl methyl sites for hydroxylation is 1. The van der Waals surface area contributed by atoms with Gasteiger partial charge < -0.3 is 0 Å². The van der Waals surface area contributed by atoms with Crippen molar-refractivity contribution in [2.75, 3.05) is 4.72 Å². The fourth-order valence-electron chi connectivity index (χ4n) is 1.57. The van der Waals surface area contributed by atoms with Gasteiger partial charge in [-0.3, -0.25) is 4.72 Å². The first kappa shape index (κ1) is 13.8. The van der Waals surface area contributed by atoms with E-state index in [0.29, 0.717) is 0 Å². The van der Waals surface area contributed by atoms with Crippen molar-refractivity contribution >= 4 is 27.4 Å². The van der Waals surface area contributed by atoms with E-state index < -0.39 is 10.0 Å². The minimum Gasteiger partial charge on any atom is -0.263 e. The highest BCUT2D eigenvalue weighted by Crippen LogP contribution is 2.16. The SMILES string of the molecule is CCc1ccc(S(=O)(=O)Nc2cccc(Cl)n2)cc1. The van der Waals surface area contributed by atoms with Gasteiger partial charge in [-0.05, 0) is 36.2 Å². The first-order chi connectivity index (χ1) is 9.01. The molecule has 0 atom stereocenters. The van der Waals surface area contributed by atoms with E-state index in [1.807, 2.05) is 6.92 Å². The van der Waals surface area contributed by atoms with Crippen molar-refractivity contribution in [3.8, 4) is 0 Å². The zero-order valence-electron chi connectivity index (χ0n) is 10.3. The summed E-state index contributed by atoms with van der Waals surface area (Å²) in [4.78, 5) is 4.09. The fraction of sp³-hybridized carbons (Fsp3) is 0.154. The third-order valence-corrected chi connectivity index (χ3v) is 4.18. The van der Waals surface area contributed by atoms with Crippen molar-refractivity contribution in [1.82, 2.24) is 4.98 Å². The first-order valence-electron chi connectivity index (χ1n) is 5.75. The molecule has 1 N–H and O–H groups in total. The molecule has 0 saturated carbocycles. The zero-order chi connectivity index (χ0) is 13.9. The van der Waals surface area contributed by atoms with Crippen LogP contribution in [0.5, 0.6) is 0 Å². The Labute approximate surface area is 117 Å². The summed E-state index contributed by atoms with van der Waals surface area (Å²) in [7, 11) is -3.63. The van der Waals surface area contributed by atoms with Gasteiger partial charge in [0.25, 0.3) is 10.0 Å². The lowest BCUT2D eigenvalue weighted by atomic mass is 10.2. The predicted molar refractivity (Wildman–Crippen MR) is 75.9 cm³/mol. The lowest BCUT2D eigenvalue weighted by Crippen LogP contribution is -2.13. The van der Waals surface area contributed by atoms with Gasteiger partial charge in [0.2, 0.25) is 0 Å². The number of hydrogen-bond donors (Lipinski definition) is 1. The Kier molecular flexibility index (Phi) is 4.07. The molecule has 1 aromatic carbocycles. The summed E-state index contributed by atoms with van der Waals surface area (Å²) in [5.41, 5.74) is 1.08. The topological polar surface area (TPSA) is 59.1 Å². The number of nitrogens with zero attached hydrogens (tertiary/aromatic N) is 1. The maximum absolute atomic E-state index is 12.1. The Morgan fingerprint density at radius 1 is 1.16 bits per heavy atom. The molecule has 4 nitrogen and oxygen atoms in total. The molecule has 0 unspecified atom stereocenters. The van der Waals surface area contributed by atoms with Gasteiger partial charge in [0.1, 0.15) is 11.0 Å². The number of anilines is 1. The van der Waals surface area contributed by atoms with E-state index in [2.05, 4.69) is 9.71 Å². The van der Waals surface area contributed by atoms with Gasteiger partial charge in [-0.25, -0.2) is 13.4 Å². The smallest absolute Gasteiger partial charge is 0.263 e. The number of benzene rings is 1. The molecule has 0 fully saturated rings. The second-order valence-corrected chi connectivity index (χ2v) is 6.02. The van der Waals surface area contributed by atoms with Crippen LogP contribution in [0.1, 0.15) is 12.5 Å². The van der Waals surface area contributed by atoms with Crippen molar-refractivity contribution in [3.63, 3.8) is 0 Å². The van der Waals surface area contributed by atoms with Gasteiger partial charge in [0, 0.05) is 0 Å². The Bertz CT molecular complexity index is 669. The highest BCUT2D eigenvalue weighted by atomic mass is 35.5. The van der Waals surface area contributed by atoms with Crippen molar-refractivity contribution in [1.29, 1.82) is 0 Å². The standard InChI is InChI=1S/C13H13ClN2O2S/c1-2-10-6-8-11(9-7-10)19(17,18)16-13-5-3-4-12(14)15-13/h3-9H,2H2,1H3,(H,15,16). The van der Waals surface area contributed by atoms with Crippen LogP contribution >= 0.6 is 11.6 Å². The first-order valence-corrected chi connectivity index (χ1v) is 7.61. The predicted octanol–water partition coefficient (Wildman–Crippen LogP) is 3.10. The summed E-state index contributed by atoms with van der Waals surface area (Å²) in [6.07, 6.45) is 0.865. The number of halogens is 1. The number of sulfonamides is 1. The largest absolute Gasteiger partial charge is 0.263 e. The van der Waals surface area contributed by atoms with Crippen molar-refractivity contribution < 1.29 is 8.42 Å². The van der Waals surface area contributed by atoms with Gasteiger partial charge in [0.05, 0.1) is 4.90 Å². The van der Waals surface area contributed by atoms with Crippen LogP contribution in [0.2, 0.25) is 5.15 Å². The average molecular weight is 297 g/mol. The van der Waals surface area contributed by atoms with Crippen LogP contribution < -0.4 is 4.72 Å². The quantitative estimate of drug-likeness (QED) is 0.882. The van der Waals surface area contributed by atoms with Crippen LogP contribution in [-0.4, -0.2) is 13.4 Å². The third-order valence-electron chi connectivity index (χ3n) is 2.60. The van der Waals surface area contributed by atoms with Gasteiger partial charge >= 0.3 is 0 Å². The molecule has 2 aromatic rings. The van der Waals surface area contributed by atoms with Gasteiger partial charge in [0.15, 0.2) is 0 Å². The molecule has 0 bridgehead atoms. The van der Waals surface area contributed by atoms with Crippen LogP contribution in [0.3, 0.4) is 0 Å². The molecule has 0 saturated heterocycles. The van der Waals surface area contributed by atoms with E-state index in [1.165, 1.54) is 0 Å². The third kappa shape index (κ3) is 3.45. The highest BCUT2D eigenvalue weighted by Gasteiger charge is 2.14. The maximum Gasteiger partial charge on any atom is 0.263 e. The highest BCUT2D eigenvalue weighted by molar-refractivity contribution is 7.92. The number of hydrogen-bond acceptors (Lipinski definition) is 3. The number of aromatic nitrogens is 1. The van der Waals surface area contributed by atoms with E-state index in [1.54, 1.807) is 42.5 Å². The Hall–Kier alpha value is -1.59. The number of pyridine rings is 1. The molecule has 19 heavy (non-hydrogen) atoms. The summed E-state index contributed by atoms with van der Waals surface area (Å²) >= 11 is 5.71. The number of rotatable bonds is 4. The molecule has 1 heterocycles. The van der Waals surface area contributed by atoms with E-state index in [4.69, 9.17) is 11.6 Å². The summed E-state index contributed by atoms with van der Waals surface area (Å²) in [6, 6.07) is 11.5. The Morgan fingerprint density at radius 2 is 1.84 bits per heavy atom. The van der Waals surface area contributed by atoms with E-state index in [0.717, 1.165) is 12.0 Å². The monoisotopic (exact) mass is 296 g/mol. The summed E-state index contributed by atoms with van der Waals surface area (Å²) < 4.78 is 26.6. The molecule has 0 amide bonds. The van der Waals surface area contributed by atoms with Crippen LogP contribution in [0, 0.1) is 0 Å². The summed E-state index contributed by atoms with van der Waals surface area (Å²) in [6.45, 7) is 2.01. The van der Waals surface area contributed by atoms with E-state index in [9.17, 15) is 8.42 Å². The normalized spacial score (nSPS) is 11.3. The maximum atomic E-state index is 12.1. The molecule has 100 valence electrons. The van der Waals surface area contributed by atoms with E-state index >= 15 is 0 Å². The molecule has 0 aliphatic heterocycles. The Morgan fingerprint density at radius 3 is 2.42 bits per heavy atom. The second kappa shape index (κ2) is 5.59. The van der Waals surface area contributed by atoms with Crippen LogP contribution in [0.25, 0.3) is 0 Å². The second-order valence-electron chi connectivity index (χ2n) is 3.95. The lowest BCUT2D eigenvalue weighted by molar-refractivity contribution is 0.601. The molecule has 0 radical (unpaired) electrons. The molecular formula is C13H13ClN2O2S. The van der Waals surface area contributed by atoms with Crippen molar-refractivity contribution in [3.05, 3.63) is 53.2 Å².